The maximum atomic E-state index is 13.9. The minimum Gasteiger partial charge on any atom is -0.505 e. The molecule has 0 saturated heterocycles. The van der Waals surface area contributed by atoms with Crippen molar-refractivity contribution in [3.63, 3.8) is 0 Å². The van der Waals surface area contributed by atoms with Crippen LogP contribution in [-0.2, 0) is 11.0 Å². The number of aldehydes is 1. The highest BCUT2D eigenvalue weighted by Gasteiger charge is 2.36. The second-order valence-electron chi connectivity index (χ2n) is 6.92. The summed E-state index contributed by atoms with van der Waals surface area (Å²) in [4.78, 5) is 14.1. The lowest BCUT2D eigenvalue weighted by atomic mass is 10.0. The Hall–Kier alpha value is -3.19. The van der Waals surface area contributed by atoms with E-state index in [4.69, 9.17) is 17.5 Å². The molecule has 0 aliphatic carbocycles. The molecule has 1 N–H and O–H groups in total. The van der Waals surface area contributed by atoms with Gasteiger partial charge < -0.3 is 19.7 Å². The lowest BCUT2D eigenvalue weighted by Crippen LogP contribution is -2.54. The Bertz CT molecular complexity index is 1030. The Kier molecular flexibility index (Phi) is 6.37. The molecule has 0 heterocycles. The van der Waals surface area contributed by atoms with Gasteiger partial charge in [0.2, 0.25) is 0 Å². The number of aromatic hydroxyl groups is 1. The van der Waals surface area contributed by atoms with E-state index in [0.717, 1.165) is 24.3 Å². The van der Waals surface area contributed by atoms with E-state index < -0.39 is 34.4 Å². The van der Waals surface area contributed by atoms with E-state index in [9.17, 15) is 27.5 Å². The Morgan fingerprint density at radius 3 is 2.27 bits per heavy atom. The number of alkyl halides is 3. The number of rotatable bonds is 4. The molecule has 2 aromatic rings. The molecule has 0 aliphatic heterocycles. The molecule has 0 aliphatic rings. The Labute approximate surface area is 175 Å². The van der Waals surface area contributed by atoms with Crippen molar-refractivity contribution in [2.45, 2.75) is 25.6 Å². The van der Waals surface area contributed by atoms with E-state index in [2.05, 4.69) is 0 Å². The molecule has 0 radical (unpaired) electrons. The average Bonchev–Trinajstić information content (AvgIpc) is 2.68. The predicted octanol–water partition coefficient (Wildman–Crippen LogP) is 4.63. The first kappa shape index (κ1) is 23.1. The van der Waals surface area contributed by atoms with E-state index in [1.807, 2.05) is 0 Å². The van der Waals surface area contributed by atoms with Crippen molar-refractivity contribution in [1.29, 1.82) is 5.26 Å². The van der Waals surface area contributed by atoms with Crippen molar-refractivity contribution >= 4 is 35.0 Å². The first-order chi connectivity index (χ1) is 13.8. The van der Waals surface area contributed by atoms with Crippen LogP contribution in [0.5, 0.6) is 5.75 Å². The summed E-state index contributed by atoms with van der Waals surface area (Å²) < 4.78 is 53.8. The monoisotopic (exact) mass is 439 g/mol. The zero-order valence-corrected chi connectivity index (χ0v) is 17.0. The van der Waals surface area contributed by atoms with Gasteiger partial charge in [-0.1, -0.05) is 0 Å². The van der Waals surface area contributed by atoms with E-state index in [0.29, 0.717) is 6.29 Å². The number of hydrogen-bond acceptors (Lipinski definition) is 4. The molecule has 10 heteroatoms. The van der Waals surface area contributed by atoms with Gasteiger partial charge in [-0.3, -0.25) is 0 Å². The van der Waals surface area contributed by atoms with Crippen LogP contribution in [0.25, 0.3) is 0 Å². The van der Waals surface area contributed by atoms with Gasteiger partial charge in [0.15, 0.2) is 16.7 Å². The van der Waals surface area contributed by atoms with Crippen molar-refractivity contribution in [1.82, 2.24) is 0 Å². The molecule has 0 unspecified atom stereocenters. The summed E-state index contributed by atoms with van der Waals surface area (Å²) >= 11 is 5.41. The molecule has 0 spiro atoms. The van der Waals surface area contributed by atoms with E-state index >= 15 is 0 Å². The molecule has 0 aromatic heterocycles. The number of halogens is 4. The third kappa shape index (κ3) is 4.52. The fourth-order valence-electron chi connectivity index (χ4n) is 2.71. The van der Waals surface area contributed by atoms with Crippen molar-refractivity contribution in [3.8, 4) is 11.8 Å². The third-order valence-corrected chi connectivity index (χ3v) is 4.81. The molecule has 0 amide bonds. The van der Waals surface area contributed by atoms with Crippen LogP contribution >= 0.6 is 12.2 Å². The van der Waals surface area contributed by atoms with Gasteiger partial charge in [0.1, 0.15) is 6.29 Å². The second kappa shape index (κ2) is 8.28. The molecule has 0 atom stereocenters. The minimum atomic E-state index is -4.76. The third-order valence-electron chi connectivity index (χ3n) is 4.35. The fourth-order valence-corrected chi connectivity index (χ4v) is 3.16. The Morgan fingerprint density at radius 1 is 1.17 bits per heavy atom. The highest BCUT2D eigenvalue weighted by atomic mass is 32.1. The number of nitriles is 1. The zero-order chi connectivity index (χ0) is 22.9. The number of phenols is 1. The van der Waals surface area contributed by atoms with E-state index in [1.165, 1.54) is 48.9 Å². The molecule has 5 nitrogen and oxygen atoms in total. The standard InChI is InChI=1S/C20H17F4N3O2S/c1-19(2,11-28)27(14-6-7-17(29)16(21)9-14)18(30)26(3)13-5-4-12(10-25)15(8-13)20(22,23)24/h4-9,11,29H,1-3H3. The summed E-state index contributed by atoms with van der Waals surface area (Å²) in [5, 5.41) is 18.3. The highest BCUT2D eigenvalue weighted by Crippen LogP contribution is 2.35. The van der Waals surface area contributed by atoms with Gasteiger partial charge in [-0.05, 0) is 56.4 Å². The van der Waals surface area contributed by atoms with Crippen LogP contribution < -0.4 is 9.80 Å². The molecule has 2 rings (SSSR count). The van der Waals surface area contributed by atoms with Crippen LogP contribution in [-0.4, -0.2) is 29.1 Å². The lowest BCUT2D eigenvalue weighted by molar-refractivity contribution is -0.137. The van der Waals surface area contributed by atoms with Crippen LogP contribution in [0.15, 0.2) is 36.4 Å². The summed E-state index contributed by atoms with van der Waals surface area (Å²) in [5.74, 6) is -1.56. The maximum absolute atomic E-state index is 13.9. The summed E-state index contributed by atoms with van der Waals surface area (Å²) in [6.07, 6.45) is -4.21. The zero-order valence-electron chi connectivity index (χ0n) is 16.2. The smallest absolute Gasteiger partial charge is 0.417 e. The molecule has 0 bridgehead atoms. The first-order valence-corrected chi connectivity index (χ1v) is 8.88. The topological polar surface area (TPSA) is 67.6 Å². The molecular formula is C20H17F4N3O2S. The lowest BCUT2D eigenvalue weighted by Gasteiger charge is -2.39. The molecule has 2 aromatic carbocycles. The molecule has 158 valence electrons. The summed E-state index contributed by atoms with van der Waals surface area (Å²) in [5.41, 5.74) is -2.85. The Morgan fingerprint density at radius 2 is 1.77 bits per heavy atom. The molecule has 30 heavy (non-hydrogen) atoms. The molecule has 0 fully saturated rings. The minimum absolute atomic E-state index is 0.0114. The van der Waals surface area contributed by atoms with Gasteiger partial charge >= 0.3 is 6.18 Å². The van der Waals surface area contributed by atoms with E-state index in [1.54, 1.807) is 0 Å². The number of carbonyl (C=O) groups excluding carboxylic acids is 1. The average molecular weight is 439 g/mol. The van der Waals surface area contributed by atoms with Gasteiger partial charge in [0.05, 0.1) is 22.7 Å². The maximum Gasteiger partial charge on any atom is 0.417 e. The van der Waals surface area contributed by atoms with Crippen LogP contribution in [0.3, 0.4) is 0 Å². The van der Waals surface area contributed by atoms with Crippen molar-refractivity contribution in [3.05, 3.63) is 53.3 Å². The number of benzene rings is 2. The van der Waals surface area contributed by atoms with Gasteiger partial charge in [-0.15, -0.1) is 0 Å². The number of anilines is 2. The van der Waals surface area contributed by atoms with Crippen LogP contribution in [0.1, 0.15) is 25.0 Å². The SMILES string of the molecule is CN(C(=S)N(c1ccc(O)c(F)c1)C(C)(C)C=O)c1ccc(C#N)c(C(F)(F)F)c1. The largest absolute Gasteiger partial charge is 0.505 e. The number of nitrogens with zero attached hydrogens (tertiary/aromatic N) is 3. The van der Waals surface area contributed by atoms with Gasteiger partial charge in [-0.2, -0.15) is 18.4 Å². The first-order valence-electron chi connectivity index (χ1n) is 8.47. The normalized spacial score (nSPS) is 11.5. The quantitative estimate of drug-likeness (QED) is 0.426. The summed E-state index contributed by atoms with van der Waals surface area (Å²) in [6, 6.07) is 7.93. The Balaban J connectivity index is 2.57. The number of carbonyl (C=O) groups is 1. The predicted molar refractivity (Wildman–Crippen MR) is 108 cm³/mol. The highest BCUT2D eigenvalue weighted by molar-refractivity contribution is 7.80. The van der Waals surface area contributed by atoms with Gasteiger partial charge in [0.25, 0.3) is 0 Å². The van der Waals surface area contributed by atoms with Crippen LogP contribution in [0.2, 0.25) is 0 Å². The summed E-state index contributed by atoms with van der Waals surface area (Å²) in [7, 11) is 1.38. The van der Waals surface area contributed by atoms with Crippen molar-refractivity contribution < 1.29 is 27.5 Å². The van der Waals surface area contributed by atoms with Crippen LogP contribution in [0.4, 0.5) is 28.9 Å². The van der Waals surface area contributed by atoms with Gasteiger partial charge in [-0.25, -0.2) is 4.39 Å². The number of phenolic OH excluding ortho intramolecular Hbond substituents is 1. The fraction of sp³-hybridized carbons (Fsp3) is 0.250. The van der Waals surface area contributed by atoms with Crippen LogP contribution in [0, 0.1) is 17.1 Å². The van der Waals surface area contributed by atoms with E-state index in [-0.39, 0.29) is 16.5 Å². The second-order valence-corrected chi connectivity index (χ2v) is 7.29. The van der Waals surface area contributed by atoms with Crippen molar-refractivity contribution in [2.75, 3.05) is 16.8 Å². The molecule has 0 saturated carbocycles. The summed E-state index contributed by atoms with van der Waals surface area (Å²) in [6.45, 7) is 2.98. The van der Waals surface area contributed by atoms with Crippen molar-refractivity contribution in [2.24, 2.45) is 0 Å². The number of hydrogen-bond donors (Lipinski definition) is 1. The van der Waals surface area contributed by atoms with Gasteiger partial charge in [0, 0.05) is 24.5 Å². The molecular weight excluding hydrogens is 422 g/mol. The number of thiocarbonyl (C=S) groups is 1.